The Morgan fingerprint density at radius 2 is 2.00 bits per heavy atom. The summed E-state index contributed by atoms with van der Waals surface area (Å²) in [6.07, 6.45) is 4.35. The van der Waals surface area contributed by atoms with Crippen LogP contribution >= 0.6 is 55.2 Å². The molecule has 1 N–H and O–H groups in total. The van der Waals surface area contributed by atoms with Gasteiger partial charge in [-0.1, -0.05) is 17.7 Å². The third-order valence-electron chi connectivity index (χ3n) is 5.07. The summed E-state index contributed by atoms with van der Waals surface area (Å²) >= 11 is 12.5. The molecular weight excluding hydrogens is 611 g/mol. The van der Waals surface area contributed by atoms with Gasteiger partial charge in [-0.15, -0.1) is 0 Å². The first-order chi connectivity index (χ1) is 15.4. The number of halogens is 6. The van der Waals surface area contributed by atoms with Crippen molar-refractivity contribution in [2.75, 3.05) is 0 Å². The molecular formula is C20H13Br2ClF3N5OS. The maximum atomic E-state index is 13.0. The highest BCUT2D eigenvalue weighted by Crippen LogP contribution is 2.46. The van der Waals surface area contributed by atoms with Gasteiger partial charge in [-0.05, 0) is 62.4 Å². The van der Waals surface area contributed by atoms with E-state index >= 15 is 0 Å². The molecule has 1 amide bonds. The summed E-state index contributed by atoms with van der Waals surface area (Å²) in [5.41, 5.74) is -3.82. The first kappa shape index (κ1) is 24.2. The lowest BCUT2D eigenvalue weighted by Crippen LogP contribution is -2.35. The minimum Gasteiger partial charge on any atom is -0.334 e. The van der Waals surface area contributed by atoms with Gasteiger partial charge in [-0.3, -0.25) is 4.79 Å². The standard InChI is InChI=1S/C20H13Br2ClF3N5OS/c1-30-17(14(21)15(22)18(30)33-20(24,25)26)31-8-11(7-28-31)10-2-3-13(23)12(6-10)16(32)29-19(9-27)4-5-19/h2-3,6-8H,4-5H2,1H3,(H,29,32). The molecule has 0 radical (unpaired) electrons. The van der Waals surface area contributed by atoms with Crippen LogP contribution in [0.25, 0.3) is 16.9 Å². The van der Waals surface area contributed by atoms with Gasteiger partial charge < -0.3 is 9.88 Å². The predicted octanol–water partition coefficient (Wildman–Crippen LogP) is 6.45. The molecule has 0 saturated heterocycles. The minimum atomic E-state index is -4.45. The van der Waals surface area contributed by atoms with Gasteiger partial charge in [0.15, 0.2) is 0 Å². The summed E-state index contributed by atoms with van der Waals surface area (Å²) in [6, 6.07) is 6.97. The number of thioether (sulfide) groups is 1. The summed E-state index contributed by atoms with van der Waals surface area (Å²) in [6.45, 7) is 0. The van der Waals surface area contributed by atoms with E-state index in [2.05, 4.69) is 48.3 Å². The molecule has 2 aromatic heterocycles. The Morgan fingerprint density at radius 1 is 1.30 bits per heavy atom. The number of nitrogens with zero attached hydrogens (tertiary/aromatic N) is 4. The molecule has 1 aliphatic rings. The Kier molecular flexibility index (Phi) is 6.37. The lowest BCUT2D eigenvalue weighted by molar-refractivity contribution is -0.0330. The van der Waals surface area contributed by atoms with Gasteiger partial charge >= 0.3 is 5.51 Å². The van der Waals surface area contributed by atoms with Crippen LogP contribution in [0.3, 0.4) is 0 Å². The van der Waals surface area contributed by atoms with Crippen LogP contribution in [0, 0.1) is 11.3 Å². The Bertz CT molecular complexity index is 1310. The lowest BCUT2D eigenvalue weighted by Gasteiger charge is -2.11. The predicted molar refractivity (Wildman–Crippen MR) is 125 cm³/mol. The number of hydrogen-bond donors (Lipinski definition) is 1. The molecule has 0 atom stereocenters. The molecule has 4 rings (SSSR count). The molecule has 2 heterocycles. The Hall–Kier alpha value is -1.94. The normalized spacial score (nSPS) is 14.7. The van der Waals surface area contributed by atoms with Gasteiger partial charge in [0.25, 0.3) is 5.91 Å². The fourth-order valence-electron chi connectivity index (χ4n) is 3.20. The first-order valence-electron chi connectivity index (χ1n) is 9.33. The Balaban J connectivity index is 1.67. The molecule has 33 heavy (non-hydrogen) atoms. The number of benzene rings is 1. The Labute approximate surface area is 212 Å². The van der Waals surface area contributed by atoms with Gasteiger partial charge in [0, 0.05) is 30.6 Å². The molecule has 6 nitrogen and oxygen atoms in total. The molecule has 172 valence electrons. The van der Waals surface area contributed by atoms with Crippen LogP contribution in [0.4, 0.5) is 13.2 Å². The van der Waals surface area contributed by atoms with Crippen molar-refractivity contribution in [3.05, 3.63) is 50.1 Å². The number of carbonyl (C=O) groups is 1. The maximum Gasteiger partial charge on any atom is 0.447 e. The Morgan fingerprint density at radius 3 is 2.61 bits per heavy atom. The van der Waals surface area contributed by atoms with E-state index in [0.717, 1.165) is 0 Å². The van der Waals surface area contributed by atoms with Crippen molar-refractivity contribution in [3.8, 4) is 23.0 Å². The summed E-state index contributed by atoms with van der Waals surface area (Å²) < 4.78 is 42.4. The van der Waals surface area contributed by atoms with Crippen LogP contribution in [-0.4, -0.2) is 31.3 Å². The van der Waals surface area contributed by atoms with Gasteiger partial charge in [0.2, 0.25) is 0 Å². The lowest BCUT2D eigenvalue weighted by atomic mass is 10.1. The molecule has 0 bridgehead atoms. The zero-order chi connectivity index (χ0) is 24.1. The minimum absolute atomic E-state index is 0.0293. The number of amides is 1. The van der Waals surface area contributed by atoms with Crippen molar-refractivity contribution in [3.63, 3.8) is 0 Å². The molecule has 1 aliphatic carbocycles. The van der Waals surface area contributed by atoms with E-state index in [-0.39, 0.29) is 31.8 Å². The summed E-state index contributed by atoms with van der Waals surface area (Å²) in [4.78, 5) is 12.7. The second-order valence-electron chi connectivity index (χ2n) is 7.38. The van der Waals surface area contributed by atoms with Gasteiger partial charge in [-0.2, -0.15) is 23.5 Å². The van der Waals surface area contributed by atoms with E-state index in [1.807, 2.05) is 0 Å². The fourth-order valence-corrected chi connectivity index (χ4v) is 5.49. The summed E-state index contributed by atoms with van der Waals surface area (Å²) in [5.74, 6) is -0.0623. The first-order valence-corrected chi connectivity index (χ1v) is 12.1. The average Bonchev–Trinajstić information content (AvgIpc) is 3.30. The van der Waals surface area contributed by atoms with Crippen molar-refractivity contribution < 1.29 is 18.0 Å². The van der Waals surface area contributed by atoms with Crippen LogP contribution in [0.15, 0.2) is 44.6 Å². The second kappa shape index (κ2) is 8.69. The summed E-state index contributed by atoms with van der Waals surface area (Å²) in [7, 11) is 1.51. The molecule has 13 heteroatoms. The molecule has 3 aromatic rings. The SMILES string of the molecule is Cn1c(SC(F)(F)F)c(Br)c(Br)c1-n1cc(-c2ccc(Cl)c(C(=O)NC3(C#N)CC3)c2)cn1. The van der Waals surface area contributed by atoms with Crippen molar-refractivity contribution in [1.82, 2.24) is 19.7 Å². The molecule has 0 spiro atoms. The maximum absolute atomic E-state index is 13.0. The molecule has 1 saturated carbocycles. The van der Waals surface area contributed by atoms with Crippen LogP contribution in [0.1, 0.15) is 23.2 Å². The quantitative estimate of drug-likeness (QED) is 0.332. The monoisotopic (exact) mass is 621 g/mol. The number of hydrogen-bond acceptors (Lipinski definition) is 4. The van der Waals surface area contributed by atoms with E-state index in [0.29, 0.717) is 34.3 Å². The average molecular weight is 624 g/mol. The zero-order valence-corrected chi connectivity index (χ0v) is 21.4. The summed E-state index contributed by atoms with van der Waals surface area (Å²) in [5, 5.41) is 16.4. The zero-order valence-electron chi connectivity index (χ0n) is 16.7. The smallest absolute Gasteiger partial charge is 0.334 e. The molecule has 1 aromatic carbocycles. The molecule has 0 aliphatic heterocycles. The highest BCUT2D eigenvalue weighted by atomic mass is 79.9. The van der Waals surface area contributed by atoms with E-state index in [9.17, 15) is 23.2 Å². The van der Waals surface area contributed by atoms with E-state index in [1.54, 1.807) is 24.4 Å². The second-order valence-corrected chi connectivity index (χ2v) is 10.4. The van der Waals surface area contributed by atoms with Gasteiger partial charge in [-0.25, -0.2) is 4.68 Å². The van der Waals surface area contributed by atoms with Crippen molar-refractivity contribution in [2.24, 2.45) is 7.05 Å². The number of carbonyl (C=O) groups excluding carboxylic acids is 1. The highest BCUT2D eigenvalue weighted by Gasteiger charge is 2.45. The van der Waals surface area contributed by atoms with Crippen molar-refractivity contribution >= 4 is 61.1 Å². The van der Waals surface area contributed by atoms with Gasteiger partial charge in [0.1, 0.15) is 16.4 Å². The van der Waals surface area contributed by atoms with E-state index < -0.39 is 17.0 Å². The highest BCUT2D eigenvalue weighted by molar-refractivity contribution is 9.13. The van der Waals surface area contributed by atoms with Crippen molar-refractivity contribution in [2.45, 2.75) is 28.9 Å². The number of nitrogens with one attached hydrogen (secondary N) is 1. The number of alkyl halides is 3. The van der Waals surface area contributed by atoms with Crippen LogP contribution < -0.4 is 5.32 Å². The number of rotatable bonds is 5. The molecule has 0 unspecified atom stereocenters. The van der Waals surface area contributed by atoms with Crippen molar-refractivity contribution in [1.29, 1.82) is 5.26 Å². The number of nitriles is 1. The van der Waals surface area contributed by atoms with E-state index in [4.69, 9.17) is 11.6 Å². The van der Waals surface area contributed by atoms with Crippen LogP contribution in [-0.2, 0) is 7.05 Å². The van der Waals surface area contributed by atoms with Crippen LogP contribution in [0.2, 0.25) is 5.02 Å². The fraction of sp³-hybridized carbons (Fsp3) is 0.250. The topological polar surface area (TPSA) is 75.6 Å². The number of aromatic nitrogens is 3. The molecule has 1 fully saturated rings. The third kappa shape index (κ3) is 4.82. The van der Waals surface area contributed by atoms with Crippen LogP contribution in [0.5, 0.6) is 0 Å². The third-order valence-corrected chi connectivity index (χ3v) is 8.62. The largest absolute Gasteiger partial charge is 0.447 e. The van der Waals surface area contributed by atoms with E-state index in [1.165, 1.54) is 22.5 Å². The van der Waals surface area contributed by atoms with Gasteiger partial charge in [0.05, 0.1) is 31.8 Å².